The fourth-order valence-electron chi connectivity index (χ4n) is 3.43. The van der Waals surface area contributed by atoms with Gasteiger partial charge in [0.2, 0.25) is 0 Å². The van der Waals surface area contributed by atoms with Gasteiger partial charge in [0.05, 0.1) is 29.7 Å². The molecule has 1 aliphatic rings. The topological polar surface area (TPSA) is 102 Å². The molecule has 0 amide bonds. The van der Waals surface area contributed by atoms with Crippen LogP contribution in [0, 0.1) is 5.92 Å². The lowest BCUT2D eigenvalue weighted by atomic mass is 10.0. The van der Waals surface area contributed by atoms with Crippen LogP contribution in [0.2, 0.25) is 0 Å². The maximum absolute atomic E-state index is 9.70. The smallest absolute Gasteiger partial charge is 0.187 e. The van der Waals surface area contributed by atoms with Gasteiger partial charge in [-0.2, -0.15) is 13.4 Å². The van der Waals surface area contributed by atoms with E-state index in [-0.39, 0.29) is 6.10 Å². The first-order chi connectivity index (χ1) is 12.3. The molecule has 5 rings (SSSR count). The Morgan fingerprint density at radius 1 is 1.16 bits per heavy atom. The summed E-state index contributed by atoms with van der Waals surface area (Å²) >= 11 is 1.19. The monoisotopic (exact) mass is 353 g/mol. The average molecular weight is 353 g/mol. The van der Waals surface area contributed by atoms with E-state index in [1.165, 1.54) is 11.7 Å². The number of aromatic nitrogens is 7. The predicted octanol–water partition coefficient (Wildman–Crippen LogP) is 1.92. The third kappa shape index (κ3) is 2.65. The van der Waals surface area contributed by atoms with Crippen molar-refractivity contribution in [2.24, 2.45) is 5.92 Å². The summed E-state index contributed by atoms with van der Waals surface area (Å²) in [6, 6.07) is 5.79. The summed E-state index contributed by atoms with van der Waals surface area (Å²) in [7, 11) is 0. The van der Waals surface area contributed by atoms with E-state index in [4.69, 9.17) is 0 Å². The van der Waals surface area contributed by atoms with Gasteiger partial charge in [-0.1, -0.05) is 5.21 Å². The Labute approximate surface area is 146 Å². The van der Waals surface area contributed by atoms with Crippen molar-refractivity contribution in [1.29, 1.82) is 0 Å². The summed E-state index contributed by atoms with van der Waals surface area (Å²) in [4.78, 5) is 9.09. The zero-order valence-electron chi connectivity index (χ0n) is 13.3. The van der Waals surface area contributed by atoms with Crippen LogP contribution in [-0.4, -0.2) is 44.9 Å². The molecule has 0 bridgehead atoms. The highest BCUT2D eigenvalue weighted by atomic mass is 32.1. The molecule has 1 saturated carbocycles. The van der Waals surface area contributed by atoms with Gasteiger partial charge in [-0.15, -0.1) is 5.10 Å². The molecule has 8 nitrogen and oxygen atoms in total. The standard InChI is InChI=1S/C16H15N7OS/c24-11-3-1-9(5-11)6-15-17-8-14-16(18-15)23(22-19-14)10-2-4-12-13(7-10)21-25-20-12/h2,4,7-9,11,24H,1,3,5-6H2/t9-,11-/m1/s1. The number of fused-ring (bicyclic) bond motifs is 2. The summed E-state index contributed by atoms with van der Waals surface area (Å²) < 4.78 is 10.2. The zero-order chi connectivity index (χ0) is 16.8. The van der Waals surface area contributed by atoms with Gasteiger partial charge in [-0.25, -0.2) is 9.97 Å². The average Bonchev–Trinajstić information content (AvgIpc) is 3.33. The van der Waals surface area contributed by atoms with Gasteiger partial charge in [-0.05, 0) is 43.4 Å². The van der Waals surface area contributed by atoms with Crippen LogP contribution in [0.5, 0.6) is 0 Å². The Balaban J connectivity index is 1.53. The molecule has 0 radical (unpaired) electrons. The fourth-order valence-corrected chi connectivity index (χ4v) is 3.95. The van der Waals surface area contributed by atoms with E-state index in [2.05, 4.69) is 29.0 Å². The zero-order valence-corrected chi connectivity index (χ0v) is 14.1. The van der Waals surface area contributed by atoms with Crippen LogP contribution in [-0.2, 0) is 6.42 Å². The Hall–Kier alpha value is -2.52. The summed E-state index contributed by atoms with van der Waals surface area (Å²) in [5.74, 6) is 1.21. The van der Waals surface area contributed by atoms with E-state index in [1.807, 2.05) is 18.2 Å². The number of aliphatic hydroxyl groups excluding tert-OH is 1. The lowest BCUT2D eigenvalue weighted by Gasteiger charge is -2.08. The van der Waals surface area contributed by atoms with E-state index in [9.17, 15) is 5.11 Å². The number of nitrogens with zero attached hydrogens (tertiary/aromatic N) is 7. The number of benzene rings is 1. The van der Waals surface area contributed by atoms with Crippen LogP contribution in [0.4, 0.5) is 0 Å². The van der Waals surface area contributed by atoms with Gasteiger partial charge in [0, 0.05) is 6.42 Å². The van der Waals surface area contributed by atoms with Gasteiger partial charge in [0.25, 0.3) is 0 Å². The van der Waals surface area contributed by atoms with E-state index in [1.54, 1.807) is 10.9 Å². The summed E-state index contributed by atoms with van der Waals surface area (Å²) in [6.07, 6.45) is 5.02. The van der Waals surface area contributed by atoms with E-state index >= 15 is 0 Å². The van der Waals surface area contributed by atoms with Crippen molar-refractivity contribution >= 4 is 33.9 Å². The fraction of sp³-hybridized carbons (Fsp3) is 0.375. The molecule has 9 heteroatoms. The first-order valence-corrected chi connectivity index (χ1v) is 8.97. The highest BCUT2D eigenvalue weighted by Crippen LogP contribution is 2.28. The third-order valence-electron chi connectivity index (χ3n) is 4.71. The molecular formula is C16H15N7OS. The van der Waals surface area contributed by atoms with Crippen LogP contribution in [0.1, 0.15) is 25.1 Å². The van der Waals surface area contributed by atoms with Crippen molar-refractivity contribution in [3.63, 3.8) is 0 Å². The predicted molar refractivity (Wildman–Crippen MR) is 92.5 cm³/mol. The molecular weight excluding hydrogens is 338 g/mol. The number of hydrogen-bond donors (Lipinski definition) is 1. The highest BCUT2D eigenvalue weighted by Gasteiger charge is 2.24. The van der Waals surface area contributed by atoms with E-state index in [0.29, 0.717) is 17.1 Å². The van der Waals surface area contributed by atoms with Crippen molar-refractivity contribution in [2.75, 3.05) is 0 Å². The summed E-state index contributed by atoms with van der Waals surface area (Å²) in [5, 5.41) is 18.1. The van der Waals surface area contributed by atoms with Crippen molar-refractivity contribution in [3.05, 3.63) is 30.2 Å². The lowest BCUT2D eigenvalue weighted by Crippen LogP contribution is -2.07. The van der Waals surface area contributed by atoms with Crippen molar-refractivity contribution in [2.45, 2.75) is 31.8 Å². The minimum atomic E-state index is -0.181. The van der Waals surface area contributed by atoms with Gasteiger partial charge in [-0.3, -0.25) is 0 Å². The van der Waals surface area contributed by atoms with Gasteiger partial charge in [0.15, 0.2) is 11.2 Å². The molecule has 0 aliphatic heterocycles. The second-order valence-electron chi connectivity index (χ2n) is 6.47. The summed E-state index contributed by atoms with van der Waals surface area (Å²) in [5.41, 5.74) is 3.90. The molecule has 126 valence electrons. The molecule has 0 unspecified atom stereocenters. The van der Waals surface area contributed by atoms with E-state index in [0.717, 1.165) is 48.2 Å². The molecule has 3 aromatic heterocycles. The molecule has 0 saturated heterocycles. The quantitative estimate of drug-likeness (QED) is 0.600. The van der Waals surface area contributed by atoms with Gasteiger partial charge < -0.3 is 5.11 Å². The lowest BCUT2D eigenvalue weighted by molar-refractivity contribution is 0.177. The maximum atomic E-state index is 9.70. The second kappa shape index (κ2) is 5.78. The first-order valence-electron chi connectivity index (χ1n) is 8.24. The number of aliphatic hydroxyl groups is 1. The molecule has 1 N–H and O–H groups in total. The van der Waals surface area contributed by atoms with Crippen LogP contribution in [0.25, 0.3) is 27.9 Å². The molecule has 1 fully saturated rings. The number of hydrogen-bond acceptors (Lipinski definition) is 8. The Bertz CT molecular complexity index is 1060. The van der Waals surface area contributed by atoms with Gasteiger partial charge >= 0.3 is 0 Å². The minimum Gasteiger partial charge on any atom is -0.393 e. The Morgan fingerprint density at radius 2 is 2.08 bits per heavy atom. The SMILES string of the molecule is O[C@@H]1CC[C@@H](Cc2ncc3nnn(-c4ccc5nsnc5c4)c3n2)C1. The molecule has 1 aromatic carbocycles. The Morgan fingerprint density at radius 3 is 2.96 bits per heavy atom. The largest absolute Gasteiger partial charge is 0.393 e. The number of rotatable bonds is 3. The van der Waals surface area contributed by atoms with Crippen LogP contribution >= 0.6 is 11.7 Å². The van der Waals surface area contributed by atoms with Crippen molar-refractivity contribution in [1.82, 2.24) is 33.7 Å². The molecule has 3 heterocycles. The molecule has 0 spiro atoms. The van der Waals surface area contributed by atoms with Crippen LogP contribution in [0.3, 0.4) is 0 Å². The van der Waals surface area contributed by atoms with Gasteiger partial charge in [0.1, 0.15) is 16.9 Å². The van der Waals surface area contributed by atoms with Crippen molar-refractivity contribution in [3.8, 4) is 5.69 Å². The Kier molecular flexibility index (Phi) is 3.42. The third-order valence-corrected chi connectivity index (χ3v) is 5.27. The molecule has 25 heavy (non-hydrogen) atoms. The second-order valence-corrected chi connectivity index (χ2v) is 7.00. The molecule has 1 aliphatic carbocycles. The molecule has 4 aromatic rings. The van der Waals surface area contributed by atoms with Crippen LogP contribution < -0.4 is 0 Å². The van der Waals surface area contributed by atoms with Crippen molar-refractivity contribution < 1.29 is 5.11 Å². The van der Waals surface area contributed by atoms with Crippen LogP contribution in [0.15, 0.2) is 24.4 Å². The highest BCUT2D eigenvalue weighted by molar-refractivity contribution is 7.00. The normalized spacial score (nSPS) is 20.7. The first kappa shape index (κ1) is 14.8. The minimum absolute atomic E-state index is 0.181. The molecule has 2 atom stereocenters. The maximum Gasteiger partial charge on any atom is 0.187 e. The van der Waals surface area contributed by atoms with E-state index < -0.39 is 0 Å². The summed E-state index contributed by atoms with van der Waals surface area (Å²) in [6.45, 7) is 0.